The topological polar surface area (TPSA) is 163 Å². The number of hydrogen-bond acceptors (Lipinski definition) is 10. The molecule has 4 aromatic rings. The molecule has 1 aliphatic heterocycles. The van der Waals surface area contributed by atoms with E-state index in [9.17, 15) is 14.9 Å². The number of H-pyrrole nitrogens is 1. The number of aromatic amines is 1. The Labute approximate surface area is 185 Å². The van der Waals surface area contributed by atoms with Crippen molar-refractivity contribution in [3.8, 4) is 22.8 Å². The minimum absolute atomic E-state index is 0.114. The van der Waals surface area contributed by atoms with Crippen LogP contribution in [-0.2, 0) is 0 Å². The summed E-state index contributed by atoms with van der Waals surface area (Å²) in [5, 5.41) is 32.8. The van der Waals surface area contributed by atoms with Crippen molar-refractivity contribution in [1.29, 1.82) is 0 Å². The predicted octanol–water partition coefficient (Wildman–Crippen LogP) is 2.04. The van der Waals surface area contributed by atoms with E-state index in [0.29, 0.717) is 33.9 Å². The maximum atomic E-state index is 12.8. The average Bonchev–Trinajstić information content (AvgIpc) is 3.31. The minimum atomic E-state index is -0.750. The predicted molar refractivity (Wildman–Crippen MR) is 115 cm³/mol. The lowest BCUT2D eigenvalue weighted by molar-refractivity contribution is -0.384. The number of nitro benzene ring substituents is 1. The fraction of sp³-hybridized carbons (Fsp3) is 0.150. The molecule has 0 bridgehead atoms. The Morgan fingerprint density at radius 1 is 1.15 bits per heavy atom. The summed E-state index contributed by atoms with van der Waals surface area (Å²) in [7, 11) is 3.05. The molecule has 166 valence electrons. The minimum Gasteiger partial charge on any atom is -0.497 e. The van der Waals surface area contributed by atoms with Gasteiger partial charge in [-0.25, -0.2) is 5.10 Å². The number of anilines is 2. The fourth-order valence-electron chi connectivity index (χ4n) is 3.86. The van der Waals surface area contributed by atoms with Crippen LogP contribution in [0.2, 0.25) is 0 Å². The van der Waals surface area contributed by atoms with Crippen molar-refractivity contribution in [3.63, 3.8) is 0 Å². The first-order chi connectivity index (χ1) is 16.0. The van der Waals surface area contributed by atoms with Gasteiger partial charge in [-0.05, 0) is 28.6 Å². The summed E-state index contributed by atoms with van der Waals surface area (Å²) in [6.07, 6.45) is 0. The van der Waals surface area contributed by atoms with Crippen LogP contribution in [0, 0.1) is 10.1 Å². The molecule has 1 atom stereocenters. The summed E-state index contributed by atoms with van der Waals surface area (Å²) in [5.74, 6) is 1.29. The van der Waals surface area contributed by atoms with Crippen LogP contribution in [0.3, 0.4) is 0 Å². The summed E-state index contributed by atoms with van der Waals surface area (Å²) in [6.45, 7) is 0. The standard InChI is InChI=1S/C20H16N8O5/c1-32-12-6-7-14(33-2)13(9-12)18-15-16(10-4-3-5-11(8-10)28(30)31)22-23-19(29)17(15)21-20-24-25-26-27(18)20/h3-9,18H,1-2H3,(H,23,29)(H,21,24,26)/t18-/m0/s1. The SMILES string of the molecule is COc1ccc(OC)c([C@H]2c3c(-c4cccc([N+](=O)[O-])c4)n[nH]c(=O)c3Nc3nnnn32)c1. The van der Waals surface area contributed by atoms with Gasteiger partial charge in [-0.2, -0.15) is 9.78 Å². The molecule has 2 aromatic heterocycles. The number of tetrazole rings is 1. The summed E-state index contributed by atoms with van der Waals surface area (Å²) in [6, 6.07) is 10.5. The van der Waals surface area contributed by atoms with Crippen LogP contribution in [0.25, 0.3) is 11.3 Å². The van der Waals surface area contributed by atoms with E-state index in [1.807, 2.05) is 0 Å². The molecule has 0 spiro atoms. The number of aromatic nitrogens is 6. The summed E-state index contributed by atoms with van der Waals surface area (Å²) in [5.41, 5.74) is 1.33. The first-order valence-corrected chi connectivity index (χ1v) is 9.66. The molecule has 0 saturated carbocycles. The Bertz CT molecular complexity index is 1450. The highest BCUT2D eigenvalue weighted by Gasteiger charge is 2.36. The van der Waals surface area contributed by atoms with Gasteiger partial charge in [0.05, 0.1) is 24.8 Å². The second kappa shape index (κ2) is 7.71. The number of hydrogen-bond donors (Lipinski definition) is 2. The van der Waals surface area contributed by atoms with Gasteiger partial charge < -0.3 is 14.8 Å². The smallest absolute Gasteiger partial charge is 0.288 e. The number of nitrogens with one attached hydrogen (secondary N) is 2. The van der Waals surface area contributed by atoms with Gasteiger partial charge in [-0.3, -0.25) is 14.9 Å². The molecule has 0 fully saturated rings. The van der Waals surface area contributed by atoms with E-state index >= 15 is 0 Å². The summed E-state index contributed by atoms with van der Waals surface area (Å²) in [4.78, 5) is 23.6. The molecule has 5 rings (SSSR count). The van der Waals surface area contributed by atoms with E-state index in [-0.39, 0.29) is 17.3 Å². The number of fused-ring (bicyclic) bond motifs is 2. The number of nitrogens with zero attached hydrogens (tertiary/aromatic N) is 6. The molecule has 3 heterocycles. The molecule has 13 nitrogen and oxygen atoms in total. The highest BCUT2D eigenvalue weighted by molar-refractivity contribution is 5.76. The molecule has 13 heteroatoms. The molecule has 33 heavy (non-hydrogen) atoms. The van der Waals surface area contributed by atoms with Crippen LogP contribution in [0.1, 0.15) is 17.2 Å². The number of ether oxygens (including phenoxy) is 2. The summed E-state index contributed by atoms with van der Waals surface area (Å²) < 4.78 is 12.5. The molecule has 0 radical (unpaired) electrons. The quantitative estimate of drug-likeness (QED) is 0.300. The van der Waals surface area contributed by atoms with Crippen LogP contribution in [-0.4, -0.2) is 49.5 Å². The largest absolute Gasteiger partial charge is 0.497 e. The zero-order chi connectivity index (χ0) is 23.1. The van der Waals surface area contributed by atoms with Crippen LogP contribution >= 0.6 is 0 Å². The van der Waals surface area contributed by atoms with Gasteiger partial charge in [-0.15, -0.1) is 0 Å². The third kappa shape index (κ3) is 3.22. The highest BCUT2D eigenvalue weighted by atomic mass is 16.6. The monoisotopic (exact) mass is 448 g/mol. The highest BCUT2D eigenvalue weighted by Crippen LogP contribution is 2.44. The number of methoxy groups -OCH3 is 2. The van der Waals surface area contributed by atoms with Gasteiger partial charge in [-0.1, -0.05) is 17.2 Å². The van der Waals surface area contributed by atoms with E-state index in [2.05, 4.69) is 31.0 Å². The zero-order valence-electron chi connectivity index (χ0n) is 17.3. The molecule has 0 aliphatic carbocycles. The van der Waals surface area contributed by atoms with Gasteiger partial charge in [0.1, 0.15) is 23.2 Å². The maximum Gasteiger partial charge on any atom is 0.288 e. The van der Waals surface area contributed by atoms with Gasteiger partial charge in [0, 0.05) is 28.8 Å². The van der Waals surface area contributed by atoms with E-state index in [4.69, 9.17) is 9.47 Å². The van der Waals surface area contributed by atoms with Crippen molar-refractivity contribution in [2.75, 3.05) is 19.5 Å². The van der Waals surface area contributed by atoms with E-state index in [0.717, 1.165) is 0 Å². The number of nitro groups is 1. The molecule has 2 aromatic carbocycles. The number of rotatable bonds is 5. The van der Waals surface area contributed by atoms with Crippen LogP contribution in [0.15, 0.2) is 47.3 Å². The number of benzene rings is 2. The van der Waals surface area contributed by atoms with Crippen molar-refractivity contribution >= 4 is 17.3 Å². The lowest BCUT2D eigenvalue weighted by atomic mass is 9.91. The molecule has 0 unspecified atom stereocenters. The van der Waals surface area contributed by atoms with Gasteiger partial charge in [0.25, 0.3) is 11.2 Å². The van der Waals surface area contributed by atoms with Crippen molar-refractivity contribution in [2.45, 2.75) is 6.04 Å². The van der Waals surface area contributed by atoms with Gasteiger partial charge >= 0.3 is 0 Å². The Hall–Kier alpha value is -4.81. The maximum absolute atomic E-state index is 12.8. The first kappa shape index (κ1) is 20.1. The molecule has 1 aliphatic rings. The fourth-order valence-corrected chi connectivity index (χ4v) is 3.86. The summed E-state index contributed by atoms with van der Waals surface area (Å²) >= 11 is 0. The van der Waals surface area contributed by atoms with Crippen molar-refractivity contribution in [2.24, 2.45) is 0 Å². The van der Waals surface area contributed by atoms with Gasteiger partial charge in [0.15, 0.2) is 0 Å². The lowest BCUT2D eigenvalue weighted by Gasteiger charge is -2.28. The Kier molecular flexibility index (Phi) is 4.70. The van der Waals surface area contributed by atoms with E-state index in [1.165, 1.54) is 31.0 Å². The van der Waals surface area contributed by atoms with E-state index < -0.39 is 16.5 Å². The zero-order valence-corrected chi connectivity index (χ0v) is 17.3. The molecule has 0 amide bonds. The third-order valence-electron chi connectivity index (χ3n) is 5.33. The second-order valence-corrected chi connectivity index (χ2v) is 7.08. The first-order valence-electron chi connectivity index (χ1n) is 9.66. The Balaban J connectivity index is 1.84. The molecular weight excluding hydrogens is 432 g/mol. The molecule has 2 N–H and O–H groups in total. The van der Waals surface area contributed by atoms with Crippen LogP contribution in [0.4, 0.5) is 17.3 Å². The van der Waals surface area contributed by atoms with Gasteiger partial charge in [0.2, 0.25) is 5.95 Å². The number of non-ortho nitro benzene ring substituents is 1. The van der Waals surface area contributed by atoms with Crippen LogP contribution in [0.5, 0.6) is 11.5 Å². The molecular formula is C20H16N8O5. The van der Waals surface area contributed by atoms with Crippen molar-refractivity contribution in [1.82, 2.24) is 30.4 Å². The van der Waals surface area contributed by atoms with Crippen molar-refractivity contribution < 1.29 is 14.4 Å². The average molecular weight is 448 g/mol. The Morgan fingerprint density at radius 3 is 2.76 bits per heavy atom. The lowest BCUT2D eigenvalue weighted by Crippen LogP contribution is -2.29. The normalized spacial score (nSPS) is 14.1. The molecule has 0 saturated heterocycles. The Morgan fingerprint density at radius 2 is 2.00 bits per heavy atom. The van der Waals surface area contributed by atoms with Crippen molar-refractivity contribution in [3.05, 3.63) is 74.1 Å². The second-order valence-electron chi connectivity index (χ2n) is 7.08. The third-order valence-corrected chi connectivity index (χ3v) is 5.33. The van der Waals surface area contributed by atoms with E-state index in [1.54, 1.807) is 30.3 Å². The van der Waals surface area contributed by atoms with Crippen LogP contribution < -0.4 is 20.3 Å².